The maximum atomic E-state index is 12.1. The zero-order valence-corrected chi connectivity index (χ0v) is 13.1. The van der Waals surface area contributed by atoms with Crippen molar-refractivity contribution >= 4 is 40.1 Å². The Morgan fingerprint density at radius 2 is 1.94 bits per heavy atom. The van der Waals surface area contributed by atoms with Crippen LogP contribution in [-0.2, 0) is 0 Å². The molecule has 1 aliphatic carbocycles. The summed E-state index contributed by atoms with van der Waals surface area (Å²) in [6, 6.07) is 7.89. The predicted molar refractivity (Wildman–Crippen MR) is 83.1 cm³/mol. The number of nitrogens with one attached hydrogen (secondary N) is 1. The van der Waals surface area contributed by atoms with Gasteiger partial charge in [-0.05, 0) is 65.6 Å². The van der Waals surface area contributed by atoms with Crippen molar-refractivity contribution in [1.82, 2.24) is 5.32 Å². The lowest BCUT2D eigenvalue weighted by molar-refractivity contribution is 0.0911. The van der Waals surface area contributed by atoms with Gasteiger partial charge in [0, 0.05) is 21.1 Å². The molecule has 0 saturated heterocycles. The van der Waals surface area contributed by atoms with E-state index in [2.05, 4.69) is 27.9 Å². The molecule has 2 nitrogen and oxygen atoms in total. The van der Waals surface area contributed by atoms with Crippen LogP contribution in [0.1, 0.15) is 36.0 Å². The monoisotopic (exact) mass is 377 g/mol. The van der Waals surface area contributed by atoms with Crippen molar-refractivity contribution in [2.24, 2.45) is 5.92 Å². The molecule has 0 radical (unpaired) electrons. The molecule has 1 saturated carbocycles. The molecule has 0 bridgehead atoms. The molecule has 2 rings (SSSR count). The fourth-order valence-electron chi connectivity index (χ4n) is 2.44. The van der Waals surface area contributed by atoms with Gasteiger partial charge < -0.3 is 5.32 Å². The van der Waals surface area contributed by atoms with Gasteiger partial charge in [-0.3, -0.25) is 4.79 Å². The van der Waals surface area contributed by atoms with Gasteiger partial charge in [0.1, 0.15) is 0 Å². The van der Waals surface area contributed by atoms with Crippen LogP contribution >= 0.6 is 34.2 Å². The summed E-state index contributed by atoms with van der Waals surface area (Å²) in [4.78, 5) is 12.1. The fraction of sp³-hybridized carbons (Fsp3) is 0.500. The normalized spacial score (nSPS) is 23.7. The van der Waals surface area contributed by atoms with Gasteiger partial charge in [0.05, 0.1) is 0 Å². The summed E-state index contributed by atoms with van der Waals surface area (Å²) < 4.78 is 1.14. The molecular weight excluding hydrogens is 361 g/mol. The molecule has 1 aromatic rings. The van der Waals surface area contributed by atoms with Crippen LogP contribution in [-0.4, -0.2) is 17.8 Å². The number of hydrogen-bond acceptors (Lipinski definition) is 1. The first-order chi connectivity index (χ1) is 8.70. The number of carbonyl (C=O) groups is 1. The smallest absolute Gasteiger partial charge is 0.251 e. The van der Waals surface area contributed by atoms with Crippen LogP contribution in [0.15, 0.2) is 24.3 Å². The average Bonchev–Trinajstić information content (AvgIpc) is 2.40. The molecule has 0 heterocycles. The summed E-state index contributed by atoms with van der Waals surface area (Å²) in [5, 5.41) is 3.13. The maximum Gasteiger partial charge on any atom is 0.251 e. The zero-order valence-electron chi connectivity index (χ0n) is 10.2. The second kappa shape index (κ2) is 6.75. The summed E-state index contributed by atoms with van der Waals surface area (Å²) in [5.41, 5.74) is 0.731. The Kier molecular flexibility index (Phi) is 5.30. The molecule has 2 atom stereocenters. The molecular formula is C14H17ClINO. The first-order valence-corrected chi connectivity index (χ1v) is 7.94. The molecule has 98 valence electrons. The van der Waals surface area contributed by atoms with E-state index in [0.29, 0.717) is 11.8 Å². The van der Waals surface area contributed by atoms with Crippen LogP contribution in [0.5, 0.6) is 0 Å². The minimum atomic E-state index is 0.0217. The molecule has 1 aliphatic rings. The average molecular weight is 378 g/mol. The third-order valence-electron chi connectivity index (χ3n) is 3.53. The summed E-state index contributed by atoms with van der Waals surface area (Å²) in [5.74, 6) is 1.08. The lowest BCUT2D eigenvalue weighted by Crippen LogP contribution is -2.42. The third kappa shape index (κ3) is 3.60. The number of carbonyl (C=O) groups excluding carboxylic acids is 1. The molecule has 1 aromatic carbocycles. The van der Waals surface area contributed by atoms with Crippen molar-refractivity contribution in [3.8, 4) is 0 Å². The quantitative estimate of drug-likeness (QED) is 0.630. The molecule has 1 N–H and O–H groups in total. The maximum absolute atomic E-state index is 12.1. The van der Waals surface area contributed by atoms with Gasteiger partial charge in [0.2, 0.25) is 0 Å². The highest BCUT2D eigenvalue weighted by atomic mass is 127. The van der Waals surface area contributed by atoms with Crippen molar-refractivity contribution in [2.45, 2.75) is 31.7 Å². The van der Waals surface area contributed by atoms with E-state index in [0.717, 1.165) is 22.0 Å². The van der Waals surface area contributed by atoms with Crippen molar-refractivity contribution in [2.75, 3.05) is 5.88 Å². The molecule has 1 fully saturated rings. The Balaban J connectivity index is 1.99. The van der Waals surface area contributed by atoms with Gasteiger partial charge >= 0.3 is 0 Å². The molecule has 4 heteroatoms. The highest BCUT2D eigenvalue weighted by Crippen LogP contribution is 2.25. The van der Waals surface area contributed by atoms with Crippen LogP contribution in [0.4, 0.5) is 0 Å². The van der Waals surface area contributed by atoms with Gasteiger partial charge in [-0.2, -0.15) is 0 Å². The van der Waals surface area contributed by atoms with E-state index in [1.165, 1.54) is 12.8 Å². The SMILES string of the molecule is O=C(NC1CCCCC1CCl)c1ccc(I)cc1. The van der Waals surface area contributed by atoms with Crippen molar-refractivity contribution in [3.63, 3.8) is 0 Å². The van der Waals surface area contributed by atoms with Gasteiger partial charge in [-0.15, -0.1) is 11.6 Å². The first-order valence-electron chi connectivity index (χ1n) is 6.33. The predicted octanol–water partition coefficient (Wildman–Crippen LogP) is 3.82. The topological polar surface area (TPSA) is 29.1 Å². The Morgan fingerprint density at radius 1 is 1.28 bits per heavy atom. The first kappa shape index (κ1) is 14.1. The lowest BCUT2D eigenvalue weighted by Gasteiger charge is -2.30. The van der Waals surface area contributed by atoms with Crippen molar-refractivity contribution in [3.05, 3.63) is 33.4 Å². The van der Waals surface area contributed by atoms with Crippen LogP contribution in [0, 0.1) is 9.49 Å². The van der Waals surface area contributed by atoms with Gasteiger partial charge in [-0.1, -0.05) is 12.8 Å². The summed E-state index contributed by atoms with van der Waals surface area (Å²) >= 11 is 8.21. The Hall–Kier alpha value is -0.290. The van der Waals surface area contributed by atoms with Gasteiger partial charge in [0.25, 0.3) is 5.91 Å². The minimum absolute atomic E-state index is 0.0217. The minimum Gasteiger partial charge on any atom is -0.349 e. The van der Waals surface area contributed by atoms with Crippen molar-refractivity contribution < 1.29 is 4.79 Å². The van der Waals surface area contributed by atoms with Gasteiger partial charge in [0.15, 0.2) is 0 Å². The van der Waals surface area contributed by atoms with E-state index in [-0.39, 0.29) is 11.9 Å². The summed E-state index contributed by atoms with van der Waals surface area (Å²) in [6.45, 7) is 0. The molecule has 0 aliphatic heterocycles. The van der Waals surface area contributed by atoms with Crippen molar-refractivity contribution in [1.29, 1.82) is 0 Å². The Morgan fingerprint density at radius 3 is 2.61 bits per heavy atom. The summed E-state index contributed by atoms with van der Waals surface area (Å²) in [7, 11) is 0. The molecule has 18 heavy (non-hydrogen) atoms. The molecule has 0 spiro atoms. The van der Waals surface area contributed by atoms with E-state index in [9.17, 15) is 4.79 Å². The number of halogens is 2. The van der Waals surface area contributed by atoms with Crippen LogP contribution in [0.3, 0.4) is 0 Å². The standard InChI is InChI=1S/C14H17ClINO/c15-9-11-3-1-2-4-13(11)17-14(18)10-5-7-12(16)8-6-10/h5-8,11,13H,1-4,9H2,(H,17,18). The van der Waals surface area contributed by atoms with E-state index in [4.69, 9.17) is 11.6 Å². The number of rotatable bonds is 3. The summed E-state index contributed by atoms with van der Waals surface area (Å²) in [6.07, 6.45) is 4.59. The highest BCUT2D eigenvalue weighted by molar-refractivity contribution is 14.1. The number of amides is 1. The Bertz CT molecular complexity index is 407. The van der Waals surface area contributed by atoms with E-state index in [1.54, 1.807) is 0 Å². The van der Waals surface area contributed by atoms with Crippen LogP contribution in [0.2, 0.25) is 0 Å². The lowest BCUT2D eigenvalue weighted by atomic mass is 9.85. The van der Waals surface area contributed by atoms with Gasteiger partial charge in [-0.25, -0.2) is 0 Å². The van der Waals surface area contributed by atoms with Crippen LogP contribution < -0.4 is 5.32 Å². The largest absolute Gasteiger partial charge is 0.349 e. The second-order valence-corrected chi connectivity index (χ2v) is 6.34. The van der Waals surface area contributed by atoms with E-state index < -0.39 is 0 Å². The zero-order chi connectivity index (χ0) is 13.0. The fourth-order valence-corrected chi connectivity index (χ4v) is 3.16. The number of hydrogen-bond donors (Lipinski definition) is 1. The second-order valence-electron chi connectivity index (χ2n) is 4.79. The number of alkyl halides is 1. The Labute approximate surface area is 127 Å². The van der Waals surface area contributed by atoms with E-state index >= 15 is 0 Å². The van der Waals surface area contributed by atoms with Crippen LogP contribution in [0.25, 0.3) is 0 Å². The molecule has 0 aromatic heterocycles. The number of benzene rings is 1. The van der Waals surface area contributed by atoms with E-state index in [1.807, 2.05) is 24.3 Å². The molecule has 2 unspecified atom stereocenters. The third-order valence-corrected chi connectivity index (χ3v) is 4.65. The molecule has 1 amide bonds. The highest BCUT2D eigenvalue weighted by Gasteiger charge is 2.25.